The summed E-state index contributed by atoms with van der Waals surface area (Å²) in [5.41, 5.74) is 1.81. The van der Waals surface area contributed by atoms with Crippen molar-refractivity contribution in [3.63, 3.8) is 0 Å². The third-order valence-corrected chi connectivity index (χ3v) is 4.75. The molecule has 0 aliphatic heterocycles. The predicted octanol–water partition coefficient (Wildman–Crippen LogP) is 3.98. The molecule has 0 bridgehead atoms. The average molecular weight is 316 g/mol. The Morgan fingerprint density at radius 1 is 1.09 bits per heavy atom. The molecule has 0 spiro atoms. The molecule has 1 aromatic carbocycles. The number of nitrogens with one attached hydrogen (secondary N) is 2. The number of carbonyl (C=O) groups is 2. The Hall–Kier alpha value is -1.84. The summed E-state index contributed by atoms with van der Waals surface area (Å²) < 4.78 is 0. The summed E-state index contributed by atoms with van der Waals surface area (Å²) in [4.78, 5) is 24.4. The maximum Gasteiger partial charge on any atom is 0.313 e. The van der Waals surface area contributed by atoms with Crippen LogP contribution in [0.15, 0.2) is 24.3 Å². The SMILES string of the molecule is CCC(C)c1ccccc1NC(=O)C(=O)NC1CCCCCC1. The van der Waals surface area contributed by atoms with Crippen LogP contribution in [-0.2, 0) is 9.59 Å². The minimum Gasteiger partial charge on any atom is -0.345 e. The lowest BCUT2D eigenvalue weighted by Gasteiger charge is -2.18. The van der Waals surface area contributed by atoms with E-state index in [-0.39, 0.29) is 6.04 Å². The number of carbonyl (C=O) groups excluding carboxylic acids is 2. The molecule has 0 heterocycles. The van der Waals surface area contributed by atoms with Crippen LogP contribution in [0.4, 0.5) is 5.69 Å². The third-order valence-electron chi connectivity index (χ3n) is 4.75. The van der Waals surface area contributed by atoms with Gasteiger partial charge in [0.05, 0.1) is 0 Å². The minimum atomic E-state index is -0.565. The largest absolute Gasteiger partial charge is 0.345 e. The Bertz CT molecular complexity index is 534. The van der Waals surface area contributed by atoms with Crippen molar-refractivity contribution in [2.75, 3.05) is 5.32 Å². The van der Waals surface area contributed by atoms with Crippen molar-refractivity contribution < 1.29 is 9.59 Å². The Labute approximate surface area is 139 Å². The number of benzene rings is 1. The van der Waals surface area contributed by atoms with Crippen LogP contribution in [0.5, 0.6) is 0 Å². The number of para-hydroxylation sites is 1. The fourth-order valence-electron chi connectivity index (χ4n) is 3.11. The van der Waals surface area contributed by atoms with Gasteiger partial charge in [-0.15, -0.1) is 0 Å². The standard InChI is InChI=1S/C19H28N2O2/c1-3-14(2)16-12-8-9-13-17(16)21-19(23)18(22)20-15-10-6-4-5-7-11-15/h8-9,12-15H,3-7,10-11H2,1-2H3,(H,20,22)(H,21,23). The summed E-state index contributed by atoms with van der Waals surface area (Å²) in [6.45, 7) is 4.23. The molecule has 0 aromatic heterocycles. The van der Waals surface area contributed by atoms with Gasteiger partial charge in [-0.3, -0.25) is 9.59 Å². The van der Waals surface area contributed by atoms with E-state index < -0.39 is 11.8 Å². The van der Waals surface area contributed by atoms with E-state index in [1.807, 2.05) is 24.3 Å². The summed E-state index contributed by atoms with van der Waals surface area (Å²) in [5.74, 6) is -0.739. The molecule has 2 N–H and O–H groups in total. The molecule has 0 radical (unpaired) electrons. The molecule has 1 aliphatic carbocycles. The number of amides is 2. The number of rotatable bonds is 4. The lowest BCUT2D eigenvalue weighted by Crippen LogP contribution is -2.41. The second-order valence-corrected chi connectivity index (χ2v) is 6.51. The van der Waals surface area contributed by atoms with Crippen molar-refractivity contribution >= 4 is 17.5 Å². The molecule has 1 atom stereocenters. The van der Waals surface area contributed by atoms with Gasteiger partial charge in [-0.1, -0.05) is 57.7 Å². The molecule has 126 valence electrons. The van der Waals surface area contributed by atoms with Gasteiger partial charge < -0.3 is 10.6 Å². The maximum absolute atomic E-state index is 12.2. The summed E-state index contributed by atoms with van der Waals surface area (Å²) in [7, 11) is 0. The van der Waals surface area contributed by atoms with E-state index in [0.717, 1.165) is 43.4 Å². The summed E-state index contributed by atoms with van der Waals surface area (Å²) in [6.07, 6.45) is 7.64. The van der Waals surface area contributed by atoms with Crippen LogP contribution in [0.2, 0.25) is 0 Å². The molecule has 1 unspecified atom stereocenters. The number of hydrogen-bond donors (Lipinski definition) is 2. The van der Waals surface area contributed by atoms with Crippen molar-refractivity contribution in [2.45, 2.75) is 70.8 Å². The second kappa shape index (κ2) is 8.70. The number of hydrogen-bond acceptors (Lipinski definition) is 2. The van der Waals surface area contributed by atoms with Gasteiger partial charge in [0.25, 0.3) is 0 Å². The fourth-order valence-corrected chi connectivity index (χ4v) is 3.11. The lowest BCUT2D eigenvalue weighted by atomic mass is 9.97. The highest BCUT2D eigenvalue weighted by Gasteiger charge is 2.21. The highest BCUT2D eigenvalue weighted by Crippen LogP contribution is 2.26. The molecular formula is C19H28N2O2. The Balaban J connectivity index is 1.97. The zero-order chi connectivity index (χ0) is 16.7. The van der Waals surface area contributed by atoms with Gasteiger partial charge in [0.15, 0.2) is 0 Å². The van der Waals surface area contributed by atoms with Gasteiger partial charge in [0.1, 0.15) is 0 Å². The molecule has 0 saturated heterocycles. The first kappa shape index (κ1) is 17.5. The zero-order valence-corrected chi connectivity index (χ0v) is 14.2. The van der Waals surface area contributed by atoms with Crippen molar-refractivity contribution in [1.82, 2.24) is 5.32 Å². The van der Waals surface area contributed by atoms with Gasteiger partial charge in [-0.2, -0.15) is 0 Å². The molecule has 2 rings (SSSR count). The van der Waals surface area contributed by atoms with Crippen molar-refractivity contribution in [3.05, 3.63) is 29.8 Å². The normalized spacial score (nSPS) is 17.1. The zero-order valence-electron chi connectivity index (χ0n) is 14.2. The third kappa shape index (κ3) is 5.08. The van der Waals surface area contributed by atoms with E-state index in [0.29, 0.717) is 5.92 Å². The molecule has 1 aromatic rings. The average Bonchev–Trinajstić information content (AvgIpc) is 2.83. The van der Waals surface area contributed by atoms with Gasteiger partial charge in [-0.05, 0) is 36.8 Å². The van der Waals surface area contributed by atoms with Gasteiger partial charge in [-0.25, -0.2) is 0 Å². The first-order valence-electron chi connectivity index (χ1n) is 8.82. The quantitative estimate of drug-likeness (QED) is 0.652. The lowest BCUT2D eigenvalue weighted by molar-refractivity contribution is -0.136. The van der Waals surface area contributed by atoms with E-state index in [2.05, 4.69) is 24.5 Å². The monoisotopic (exact) mass is 316 g/mol. The Kier molecular flexibility index (Phi) is 6.63. The molecule has 23 heavy (non-hydrogen) atoms. The van der Waals surface area contributed by atoms with E-state index >= 15 is 0 Å². The molecule has 4 heteroatoms. The van der Waals surface area contributed by atoms with Gasteiger partial charge in [0.2, 0.25) is 0 Å². The summed E-state index contributed by atoms with van der Waals surface area (Å²) in [6, 6.07) is 7.85. The maximum atomic E-state index is 12.2. The fraction of sp³-hybridized carbons (Fsp3) is 0.579. The second-order valence-electron chi connectivity index (χ2n) is 6.51. The topological polar surface area (TPSA) is 58.2 Å². The van der Waals surface area contributed by atoms with Gasteiger partial charge >= 0.3 is 11.8 Å². The number of anilines is 1. The predicted molar refractivity (Wildman–Crippen MR) is 93.4 cm³/mol. The first-order chi connectivity index (χ1) is 11.1. The first-order valence-corrected chi connectivity index (χ1v) is 8.82. The van der Waals surface area contributed by atoms with Crippen LogP contribution >= 0.6 is 0 Å². The molecule has 1 saturated carbocycles. The van der Waals surface area contributed by atoms with Gasteiger partial charge in [0, 0.05) is 11.7 Å². The minimum absolute atomic E-state index is 0.139. The highest BCUT2D eigenvalue weighted by atomic mass is 16.2. The van der Waals surface area contributed by atoms with E-state index in [1.165, 1.54) is 12.8 Å². The van der Waals surface area contributed by atoms with E-state index in [9.17, 15) is 9.59 Å². The van der Waals surface area contributed by atoms with Crippen LogP contribution in [0.1, 0.15) is 70.3 Å². The molecule has 2 amide bonds. The molecule has 1 fully saturated rings. The Morgan fingerprint density at radius 3 is 2.39 bits per heavy atom. The van der Waals surface area contributed by atoms with E-state index in [4.69, 9.17) is 0 Å². The van der Waals surface area contributed by atoms with Crippen molar-refractivity contribution in [3.8, 4) is 0 Å². The van der Waals surface area contributed by atoms with Crippen LogP contribution < -0.4 is 10.6 Å². The molecule has 4 nitrogen and oxygen atoms in total. The molecular weight excluding hydrogens is 288 g/mol. The van der Waals surface area contributed by atoms with Crippen LogP contribution in [-0.4, -0.2) is 17.9 Å². The highest BCUT2D eigenvalue weighted by molar-refractivity contribution is 6.39. The van der Waals surface area contributed by atoms with E-state index in [1.54, 1.807) is 0 Å². The van der Waals surface area contributed by atoms with Crippen molar-refractivity contribution in [2.24, 2.45) is 0 Å². The van der Waals surface area contributed by atoms with Crippen molar-refractivity contribution in [1.29, 1.82) is 0 Å². The van der Waals surface area contributed by atoms with Crippen LogP contribution in [0.25, 0.3) is 0 Å². The molecule has 1 aliphatic rings. The summed E-state index contributed by atoms with van der Waals surface area (Å²) >= 11 is 0. The van der Waals surface area contributed by atoms with Crippen LogP contribution in [0, 0.1) is 0 Å². The Morgan fingerprint density at radius 2 is 1.74 bits per heavy atom. The summed E-state index contributed by atoms with van der Waals surface area (Å²) in [5, 5.41) is 5.67. The van der Waals surface area contributed by atoms with Crippen LogP contribution in [0.3, 0.4) is 0 Å². The smallest absolute Gasteiger partial charge is 0.313 e.